The number of halogens is 1. The number of hydrogen-bond donors (Lipinski definition) is 2. The van der Waals surface area contributed by atoms with Crippen LogP contribution in [-0.4, -0.2) is 26.9 Å². The number of likely N-dealkylation sites (N-methyl/N-ethyl adjacent to an activating group) is 1. The Balaban J connectivity index is 2.71. The number of benzene rings is 1. The van der Waals surface area contributed by atoms with Crippen molar-refractivity contribution in [1.82, 2.24) is 3.11 Å². The maximum absolute atomic E-state index is 9.66. The lowest BCUT2D eigenvalue weighted by atomic mass is 10.1. The summed E-state index contributed by atoms with van der Waals surface area (Å²) in [5.41, 5.74) is 0.739. The van der Waals surface area contributed by atoms with Gasteiger partial charge in [-0.25, -0.2) is 3.11 Å². The molecular formula is C9H12INO2. The zero-order chi connectivity index (χ0) is 9.84. The molecule has 0 saturated carbocycles. The molecule has 2 N–H and O–H groups in total. The first-order chi connectivity index (χ1) is 6.09. The van der Waals surface area contributed by atoms with E-state index in [1.807, 2.05) is 10.2 Å². The molecule has 0 aliphatic rings. The summed E-state index contributed by atoms with van der Waals surface area (Å²) < 4.78 is 1.87. The van der Waals surface area contributed by atoms with Gasteiger partial charge >= 0.3 is 0 Å². The molecule has 1 rings (SSSR count). The van der Waals surface area contributed by atoms with E-state index in [0.717, 1.165) is 5.56 Å². The van der Waals surface area contributed by atoms with E-state index in [-0.39, 0.29) is 5.75 Å². The molecule has 1 atom stereocenters. The second kappa shape index (κ2) is 4.78. The Morgan fingerprint density at radius 2 is 2.23 bits per heavy atom. The first-order valence-corrected chi connectivity index (χ1v) is 4.90. The van der Waals surface area contributed by atoms with E-state index in [1.54, 1.807) is 24.3 Å². The van der Waals surface area contributed by atoms with Gasteiger partial charge in [0.25, 0.3) is 0 Å². The Labute approximate surface area is 91.5 Å². The van der Waals surface area contributed by atoms with Crippen LogP contribution in [0.25, 0.3) is 0 Å². The van der Waals surface area contributed by atoms with Gasteiger partial charge in [-0.1, -0.05) is 12.1 Å². The fourth-order valence-electron chi connectivity index (χ4n) is 1.08. The first kappa shape index (κ1) is 10.7. The number of rotatable bonds is 3. The highest BCUT2D eigenvalue weighted by atomic mass is 127. The highest BCUT2D eigenvalue weighted by Gasteiger charge is 2.09. The molecule has 0 unspecified atom stereocenters. The van der Waals surface area contributed by atoms with Crippen LogP contribution in [0.5, 0.6) is 5.75 Å². The van der Waals surface area contributed by atoms with E-state index in [9.17, 15) is 5.11 Å². The minimum Gasteiger partial charge on any atom is -0.508 e. The lowest BCUT2D eigenvalue weighted by Crippen LogP contribution is -2.14. The van der Waals surface area contributed by atoms with Crippen LogP contribution in [0.3, 0.4) is 0 Å². The summed E-state index contributed by atoms with van der Waals surface area (Å²) in [5, 5.41) is 18.8. The van der Waals surface area contributed by atoms with Crippen molar-refractivity contribution >= 4 is 22.9 Å². The molecule has 1 aromatic carbocycles. The summed E-state index contributed by atoms with van der Waals surface area (Å²) in [6.07, 6.45) is -0.547. The van der Waals surface area contributed by atoms with Crippen molar-refractivity contribution in [2.75, 3.05) is 13.6 Å². The summed E-state index contributed by atoms with van der Waals surface area (Å²) in [4.78, 5) is 0. The highest BCUT2D eigenvalue weighted by Crippen LogP contribution is 2.19. The van der Waals surface area contributed by atoms with E-state index in [0.29, 0.717) is 6.54 Å². The Kier molecular flexibility index (Phi) is 3.95. The fraction of sp³-hybridized carbons (Fsp3) is 0.333. The van der Waals surface area contributed by atoms with E-state index in [4.69, 9.17) is 5.11 Å². The molecular weight excluding hydrogens is 281 g/mol. The topological polar surface area (TPSA) is 43.7 Å². The van der Waals surface area contributed by atoms with Gasteiger partial charge in [0, 0.05) is 29.4 Å². The van der Waals surface area contributed by atoms with Gasteiger partial charge < -0.3 is 10.2 Å². The maximum atomic E-state index is 9.66. The predicted molar refractivity (Wildman–Crippen MR) is 59.7 cm³/mol. The van der Waals surface area contributed by atoms with Crippen LogP contribution >= 0.6 is 22.9 Å². The van der Waals surface area contributed by atoms with Crippen molar-refractivity contribution in [3.8, 4) is 5.75 Å². The van der Waals surface area contributed by atoms with Crippen molar-refractivity contribution in [3.05, 3.63) is 29.8 Å². The first-order valence-electron chi connectivity index (χ1n) is 3.93. The molecule has 0 amide bonds. The number of phenols is 1. The summed E-state index contributed by atoms with van der Waals surface area (Å²) in [7, 11) is 1.88. The zero-order valence-corrected chi connectivity index (χ0v) is 9.47. The lowest BCUT2D eigenvalue weighted by Gasteiger charge is -2.14. The van der Waals surface area contributed by atoms with Gasteiger partial charge in [0.05, 0.1) is 6.10 Å². The Hall–Kier alpha value is -0.330. The monoisotopic (exact) mass is 293 g/mol. The minimum atomic E-state index is -0.547. The number of phenolic OH excluding ortho intramolecular Hbond substituents is 1. The molecule has 1 aromatic rings. The number of hydrogen-bond acceptors (Lipinski definition) is 3. The second-order valence-corrected chi connectivity index (χ2v) is 4.55. The summed E-state index contributed by atoms with van der Waals surface area (Å²) in [6.45, 7) is 0.546. The molecule has 13 heavy (non-hydrogen) atoms. The quantitative estimate of drug-likeness (QED) is 0.658. The van der Waals surface area contributed by atoms with E-state index in [2.05, 4.69) is 22.9 Å². The highest BCUT2D eigenvalue weighted by molar-refractivity contribution is 14.1. The van der Waals surface area contributed by atoms with E-state index < -0.39 is 6.10 Å². The molecule has 3 nitrogen and oxygen atoms in total. The van der Waals surface area contributed by atoms with Gasteiger partial charge in [-0.3, -0.25) is 0 Å². The van der Waals surface area contributed by atoms with Crippen LogP contribution in [0.15, 0.2) is 24.3 Å². The maximum Gasteiger partial charge on any atom is 0.115 e. The molecule has 0 heterocycles. The van der Waals surface area contributed by atoms with Crippen LogP contribution in [0, 0.1) is 0 Å². The van der Waals surface area contributed by atoms with Crippen molar-refractivity contribution < 1.29 is 10.2 Å². The Morgan fingerprint density at radius 3 is 2.77 bits per heavy atom. The number of nitrogens with zero attached hydrogens (tertiary/aromatic N) is 1. The largest absolute Gasteiger partial charge is 0.508 e. The third-order valence-corrected chi connectivity index (χ3v) is 2.07. The average molecular weight is 293 g/mol. The van der Waals surface area contributed by atoms with Crippen molar-refractivity contribution in [1.29, 1.82) is 0 Å². The zero-order valence-electron chi connectivity index (χ0n) is 7.31. The molecule has 0 aliphatic heterocycles. The standard InChI is InChI=1S/C9H12INO2/c1-11(10)6-9(13)7-3-2-4-8(12)5-7/h2-5,9,12-13H,6H2,1H3/t9-/m1/s1. The second-order valence-electron chi connectivity index (χ2n) is 2.90. The molecule has 0 fully saturated rings. The third kappa shape index (κ3) is 3.50. The molecule has 0 aromatic heterocycles. The van der Waals surface area contributed by atoms with Crippen molar-refractivity contribution in [2.24, 2.45) is 0 Å². The SMILES string of the molecule is CN(I)C[C@@H](O)c1cccc(O)c1. The summed E-state index contributed by atoms with van der Waals surface area (Å²) in [5.74, 6) is 0.188. The smallest absolute Gasteiger partial charge is 0.115 e. The lowest BCUT2D eigenvalue weighted by molar-refractivity contribution is 0.162. The van der Waals surface area contributed by atoms with Crippen molar-refractivity contribution in [2.45, 2.75) is 6.10 Å². The van der Waals surface area contributed by atoms with Gasteiger partial charge in [0.1, 0.15) is 5.75 Å². The predicted octanol–water partition coefficient (Wildman–Crippen LogP) is 1.71. The van der Waals surface area contributed by atoms with Crippen LogP contribution in [0.2, 0.25) is 0 Å². The van der Waals surface area contributed by atoms with E-state index >= 15 is 0 Å². The Morgan fingerprint density at radius 1 is 1.54 bits per heavy atom. The minimum absolute atomic E-state index is 0.188. The number of aliphatic hydroxyl groups is 1. The van der Waals surface area contributed by atoms with Gasteiger partial charge in [-0.05, 0) is 24.7 Å². The third-order valence-electron chi connectivity index (χ3n) is 1.68. The molecule has 0 aliphatic carbocycles. The molecule has 0 bridgehead atoms. The van der Waals surface area contributed by atoms with Crippen LogP contribution < -0.4 is 0 Å². The van der Waals surface area contributed by atoms with Gasteiger partial charge in [-0.15, -0.1) is 0 Å². The van der Waals surface area contributed by atoms with Gasteiger partial charge in [-0.2, -0.15) is 0 Å². The Bertz CT molecular complexity index is 278. The molecule has 4 heteroatoms. The number of aliphatic hydroxyl groups excluding tert-OH is 1. The van der Waals surface area contributed by atoms with Gasteiger partial charge in [0.2, 0.25) is 0 Å². The number of aromatic hydroxyl groups is 1. The fourth-order valence-corrected chi connectivity index (χ4v) is 1.45. The molecule has 0 saturated heterocycles. The molecule has 72 valence electrons. The normalized spacial score (nSPS) is 13.2. The summed E-state index contributed by atoms with van der Waals surface area (Å²) in [6, 6.07) is 6.68. The van der Waals surface area contributed by atoms with Crippen LogP contribution in [-0.2, 0) is 0 Å². The van der Waals surface area contributed by atoms with Crippen LogP contribution in [0.4, 0.5) is 0 Å². The van der Waals surface area contributed by atoms with Crippen molar-refractivity contribution in [3.63, 3.8) is 0 Å². The molecule has 0 spiro atoms. The van der Waals surface area contributed by atoms with E-state index in [1.165, 1.54) is 0 Å². The van der Waals surface area contributed by atoms with Crippen LogP contribution in [0.1, 0.15) is 11.7 Å². The summed E-state index contributed by atoms with van der Waals surface area (Å²) >= 11 is 2.10. The average Bonchev–Trinajstić information content (AvgIpc) is 2.03. The van der Waals surface area contributed by atoms with Gasteiger partial charge in [0.15, 0.2) is 0 Å². The molecule has 0 radical (unpaired) electrons.